The van der Waals surface area contributed by atoms with Gasteiger partial charge in [-0.1, -0.05) is 69.7 Å². The average Bonchev–Trinajstić information content (AvgIpc) is 2.89. The van der Waals surface area contributed by atoms with Crippen molar-refractivity contribution in [3.8, 4) is 0 Å². The second-order valence-electron chi connectivity index (χ2n) is 6.96. The Hall–Kier alpha value is -1.96. The summed E-state index contributed by atoms with van der Waals surface area (Å²) in [5.41, 5.74) is 4.97. The van der Waals surface area contributed by atoms with Crippen LogP contribution in [0.2, 0.25) is 0 Å². The zero-order valence-electron chi connectivity index (χ0n) is 16.4. The van der Waals surface area contributed by atoms with Gasteiger partial charge in [0, 0.05) is 23.1 Å². The Morgan fingerprint density at radius 2 is 1.90 bits per heavy atom. The first-order chi connectivity index (χ1) is 13.7. The molecule has 7 heteroatoms. The lowest BCUT2D eigenvalue weighted by Gasteiger charge is -2.16. The predicted molar refractivity (Wildman–Crippen MR) is 128 cm³/mol. The predicted octanol–water partition coefficient (Wildman–Crippen LogP) is 5.60. The number of hydrogen-bond acceptors (Lipinski definition) is 4. The first-order valence-electron chi connectivity index (χ1n) is 9.13. The lowest BCUT2D eigenvalue weighted by atomic mass is 10.1. The van der Waals surface area contributed by atoms with E-state index < -0.39 is 0 Å². The van der Waals surface area contributed by atoms with Gasteiger partial charge in [-0.05, 0) is 55.7 Å². The third-order valence-electron chi connectivity index (χ3n) is 4.52. The molecule has 1 aliphatic heterocycles. The summed E-state index contributed by atoms with van der Waals surface area (Å²) in [6.07, 6.45) is 2.01. The zero-order chi connectivity index (χ0) is 21.1. The summed E-state index contributed by atoms with van der Waals surface area (Å²) in [5.74, 6) is -0.291. The minimum atomic E-state index is -0.157. The Balaban J connectivity index is 1.64. The number of rotatable bonds is 5. The van der Waals surface area contributed by atoms with E-state index in [1.54, 1.807) is 0 Å². The molecule has 1 N–H and O–H groups in total. The molecule has 1 fully saturated rings. The van der Waals surface area contributed by atoms with Crippen LogP contribution in [0.15, 0.2) is 45.8 Å². The number of carbonyl (C=O) groups is 2. The van der Waals surface area contributed by atoms with Crippen LogP contribution in [0.4, 0.5) is 5.69 Å². The highest BCUT2D eigenvalue weighted by molar-refractivity contribution is 9.10. The van der Waals surface area contributed by atoms with Gasteiger partial charge in [-0.3, -0.25) is 14.5 Å². The molecule has 2 aromatic carbocycles. The minimum Gasteiger partial charge on any atom is -0.326 e. The molecule has 1 aliphatic rings. The van der Waals surface area contributed by atoms with Crippen molar-refractivity contribution in [2.75, 3.05) is 11.9 Å². The third-order valence-corrected chi connectivity index (χ3v) is 6.39. The number of anilines is 1. The molecule has 1 heterocycles. The standard InChI is InChI=1S/C22H21BrN2O2S2/c1-13-9-14(2)20(15(3)10-13)24-19(26)7-8-25-21(27)18(29-22(25)28)12-16-5-4-6-17(23)11-16/h4-6,9-12H,7-8H2,1-3H3,(H,24,26). The van der Waals surface area contributed by atoms with E-state index in [9.17, 15) is 9.59 Å². The van der Waals surface area contributed by atoms with Crippen LogP contribution in [0.3, 0.4) is 0 Å². The van der Waals surface area contributed by atoms with Crippen LogP contribution in [-0.4, -0.2) is 27.6 Å². The van der Waals surface area contributed by atoms with Crippen LogP contribution >= 0.6 is 39.9 Å². The fourth-order valence-corrected chi connectivity index (χ4v) is 4.96. The fraction of sp³-hybridized carbons (Fsp3) is 0.227. The number of benzene rings is 2. The van der Waals surface area contributed by atoms with Crippen LogP contribution in [0.25, 0.3) is 6.08 Å². The van der Waals surface area contributed by atoms with E-state index in [1.807, 2.05) is 63.2 Å². The molecule has 2 aromatic rings. The summed E-state index contributed by atoms with van der Waals surface area (Å²) in [6.45, 7) is 6.24. The van der Waals surface area contributed by atoms with Crippen molar-refractivity contribution in [3.63, 3.8) is 0 Å². The van der Waals surface area contributed by atoms with Crippen LogP contribution in [0.5, 0.6) is 0 Å². The molecule has 1 saturated heterocycles. The van der Waals surface area contributed by atoms with Crippen molar-refractivity contribution in [1.82, 2.24) is 4.90 Å². The molecule has 2 amide bonds. The maximum atomic E-state index is 12.7. The zero-order valence-corrected chi connectivity index (χ0v) is 19.6. The lowest BCUT2D eigenvalue weighted by Crippen LogP contribution is -2.31. The van der Waals surface area contributed by atoms with Crippen LogP contribution in [0.1, 0.15) is 28.7 Å². The molecule has 0 bridgehead atoms. The quantitative estimate of drug-likeness (QED) is 0.439. The molecule has 3 rings (SSSR count). The number of aryl methyl sites for hydroxylation is 3. The monoisotopic (exact) mass is 488 g/mol. The van der Waals surface area contributed by atoms with Crippen molar-refractivity contribution in [3.05, 3.63) is 68.0 Å². The molecule has 4 nitrogen and oxygen atoms in total. The Bertz CT molecular complexity index is 1010. The van der Waals surface area contributed by atoms with Gasteiger partial charge in [-0.15, -0.1) is 0 Å². The van der Waals surface area contributed by atoms with Crippen molar-refractivity contribution in [1.29, 1.82) is 0 Å². The number of amides is 2. The van der Waals surface area contributed by atoms with Gasteiger partial charge in [0.2, 0.25) is 5.91 Å². The highest BCUT2D eigenvalue weighted by Gasteiger charge is 2.32. The lowest BCUT2D eigenvalue weighted by molar-refractivity contribution is -0.122. The number of carbonyl (C=O) groups excluding carboxylic acids is 2. The van der Waals surface area contributed by atoms with Gasteiger partial charge in [0.25, 0.3) is 5.91 Å². The van der Waals surface area contributed by atoms with Crippen molar-refractivity contribution < 1.29 is 9.59 Å². The number of halogens is 1. The molecular formula is C22H21BrN2O2S2. The fourth-order valence-electron chi connectivity index (χ4n) is 3.23. The third kappa shape index (κ3) is 5.35. The summed E-state index contributed by atoms with van der Waals surface area (Å²) >= 11 is 10.1. The number of nitrogens with one attached hydrogen (secondary N) is 1. The Morgan fingerprint density at radius 3 is 2.55 bits per heavy atom. The van der Waals surface area contributed by atoms with E-state index in [-0.39, 0.29) is 24.8 Å². The largest absolute Gasteiger partial charge is 0.326 e. The molecule has 0 spiro atoms. The number of thiocarbonyl (C=S) groups is 1. The number of thioether (sulfide) groups is 1. The molecule has 0 aliphatic carbocycles. The average molecular weight is 489 g/mol. The van der Waals surface area contributed by atoms with Gasteiger partial charge in [0.1, 0.15) is 4.32 Å². The SMILES string of the molecule is Cc1cc(C)c(NC(=O)CCN2C(=O)C(=Cc3cccc(Br)c3)SC2=S)c(C)c1. The van der Waals surface area contributed by atoms with Gasteiger partial charge in [0.05, 0.1) is 4.91 Å². The Kier molecular flexibility index (Phi) is 6.93. The first-order valence-corrected chi connectivity index (χ1v) is 11.1. The van der Waals surface area contributed by atoms with E-state index >= 15 is 0 Å². The molecule has 0 saturated carbocycles. The molecule has 0 radical (unpaired) electrons. The normalized spacial score (nSPS) is 15.3. The molecule has 150 valence electrons. The van der Waals surface area contributed by atoms with Gasteiger partial charge < -0.3 is 5.32 Å². The van der Waals surface area contributed by atoms with Crippen molar-refractivity contribution in [2.24, 2.45) is 0 Å². The molecule has 0 atom stereocenters. The van der Waals surface area contributed by atoms with E-state index in [0.29, 0.717) is 9.23 Å². The summed E-state index contributed by atoms with van der Waals surface area (Å²) in [6, 6.07) is 11.8. The van der Waals surface area contributed by atoms with E-state index in [2.05, 4.69) is 21.2 Å². The summed E-state index contributed by atoms with van der Waals surface area (Å²) in [5, 5.41) is 2.97. The van der Waals surface area contributed by atoms with Crippen molar-refractivity contribution in [2.45, 2.75) is 27.2 Å². The summed E-state index contributed by atoms with van der Waals surface area (Å²) < 4.78 is 1.42. The van der Waals surface area contributed by atoms with Gasteiger partial charge in [-0.25, -0.2) is 0 Å². The van der Waals surface area contributed by atoms with E-state index in [0.717, 1.165) is 32.4 Å². The van der Waals surface area contributed by atoms with E-state index in [1.165, 1.54) is 16.7 Å². The topological polar surface area (TPSA) is 49.4 Å². The Labute approximate surface area is 188 Å². The van der Waals surface area contributed by atoms with E-state index in [4.69, 9.17) is 12.2 Å². The minimum absolute atomic E-state index is 0.134. The molecular weight excluding hydrogens is 468 g/mol. The second-order valence-corrected chi connectivity index (χ2v) is 9.55. The highest BCUT2D eigenvalue weighted by Crippen LogP contribution is 2.33. The smallest absolute Gasteiger partial charge is 0.266 e. The van der Waals surface area contributed by atoms with Crippen LogP contribution in [0, 0.1) is 20.8 Å². The number of hydrogen-bond donors (Lipinski definition) is 1. The highest BCUT2D eigenvalue weighted by atomic mass is 79.9. The van der Waals surface area contributed by atoms with Gasteiger partial charge in [-0.2, -0.15) is 0 Å². The molecule has 0 aromatic heterocycles. The van der Waals surface area contributed by atoms with Gasteiger partial charge in [0.15, 0.2) is 0 Å². The van der Waals surface area contributed by atoms with Crippen molar-refractivity contribution >= 4 is 67.8 Å². The van der Waals surface area contributed by atoms with Crippen LogP contribution in [-0.2, 0) is 9.59 Å². The maximum absolute atomic E-state index is 12.7. The molecule has 0 unspecified atom stereocenters. The second kappa shape index (κ2) is 9.24. The van der Waals surface area contributed by atoms with Crippen LogP contribution < -0.4 is 5.32 Å². The number of nitrogens with zero attached hydrogens (tertiary/aromatic N) is 1. The summed E-state index contributed by atoms with van der Waals surface area (Å²) in [7, 11) is 0. The van der Waals surface area contributed by atoms with Gasteiger partial charge >= 0.3 is 0 Å². The maximum Gasteiger partial charge on any atom is 0.266 e. The summed E-state index contributed by atoms with van der Waals surface area (Å²) in [4.78, 5) is 27.3. The first kappa shape index (κ1) is 21.7. The molecule has 29 heavy (non-hydrogen) atoms. The Morgan fingerprint density at radius 1 is 1.21 bits per heavy atom.